The third-order valence-corrected chi connectivity index (χ3v) is 2.42. The Kier molecular flexibility index (Phi) is 2.97. The standard InChI is InChI=1S/C13H12FNO/c1-9-3-2-4-10(7-9)13(16)11-5-6-15-12(14)8-11/h2-8,13,16H,1H3. The van der Waals surface area contributed by atoms with Gasteiger partial charge in [-0.15, -0.1) is 0 Å². The van der Waals surface area contributed by atoms with Gasteiger partial charge < -0.3 is 5.11 Å². The molecule has 0 amide bonds. The molecule has 0 aliphatic rings. The zero-order valence-electron chi connectivity index (χ0n) is 8.89. The second kappa shape index (κ2) is 4.41. The summed E-state index contributed by atoms with van der Waals surface area (Å²) in [6.07, 6.45) is 0.543. The van der Waals surface area contributed by atoms with E-state index in [1.54, 1.807) is 6.07 Å². The molecule has 2 nitrogen and oxygen atoms in total. The highest BCUT2D eigenvalue weighted by atomic mass is 19.1. The Morgan fingerprint density at radius 1 is 1.19 bits per heavy atom. The molecular formula is C13H12FNO. The van der Waals surface area contributed by atoms with Crippen molar-refractivity contribution in [2.45, 2.75) is 13.0 Å². The third kappa shape index (κ3) is 2.25. The molecular weight excluding hydrogens is 205 g/mol. The minimum absolute atomic E-state index is 0.512. The van der Waals surface area contributed by atoms with Crippen molar-refractivity contribution < 1.29 is 9.50 Å². The minimum Gasteiger partial charge on any atom is -0.384 e. The summed E-state index contributed by atoms with van der Waals surface area (Å²) < 4.78 is 12.9. The number of aryl methyl sites for hydroxylation is 1. The second-order valence-corrected chi connectivity index (χ2v) is 3.73. The summed E-state index contributed by atoms with van der Waals surface area (Å²) in [6.45, 7) is 1.95. The smallest absolute Gasteiger partial charge is 0.213 e. The number of aromatic nitrogens is 1. The van der Waals surface area contributed by atoms with E-state index in [0.29, 0.717) is 5.56 Å². The predicted molar refractivity (Wildman–Crippen MR) is 59.4 cm³/mol. The van der Waals surface area contributed by atoms with Crippen LogP contribution in [0.15, 0.2) is 42.6 Å². The maximum absolute atomic E-state index is 12.9. The fourth-order valence-corrected chi connectivity index (χ4v) is 1.62. The molecule has 2 rings (SSSR count). The first-order valence-corrected chi connectivity index (χ1v) is 5.03. The van der Waals surface area contributed by atoms with E-state index in [1.165, 1.54) is 12.3 Å². The van der Waals surface area contributed by atoms with Crippen LogP contribution in [0, 0.1) is 12.9 Å². The SMILES string of the molecule is Cc1cccc(C(O)c2ccnc(F)c2)c1. The number of nitrogens with zero attached hydrogens (tertiary/aromatic N) is 1. The van der Waals surface area contributed by atoms with Crippen molar-refractivity contribution in [1.29, 1.82) is 0 Å². The average Bonchev–Trinajstić information content (AvgIpc) is 2.28. The molecule has 1 N–H and O–H groups in total. The molecule has 1 heterocycles. The number of aliphatic hydroxyl groups is 1. The molecule has 0 aliphatic carbocycles. The lowest BCUT2D eigenvalue weighted by Crippen LogP contribution is -2.01. The van der Waals surface area contributed by atoms with Gasteiger partial charge in [-0.05, 0) is 30.2 Å². The highest BCUT2D eigenvalue weighted by Gasteiger charge is 2.11. The summed E-state index contributed by atoms with van der Waals surface area (Å²) in [5.41, 5.74) is 2.33. The first-order valence-electron chi connectivity index (χ1n) is 5.03. The van der Waals surface area contributed by atoms with Crippen LogP contribution in [0.4, 0.5) is 4.39 Å². The Hall–Kier alpha value is -1.74. The molecule has 0 bridgehead atoms. The summed E-state index contributed by atoms with van der Waals surface area (Å²) in [5, 5.41) is 10.0. The maximum Gasteiger partial charge on any atom is 0.213 e. The van der Waals surface area contributed by atoms with Crippen molar-refractivity contribution in [1.82, 2.24) is 4.98 Å². The molecule has 0 saturated heterocycles. The Morgan fingerprint density at radius 2 is 1.94 bits per heavy atom. The summed E-state index contributed by atoms with van der Waals surface area (Å²) in [6, 6.07) is 10.4. The van der Waals surface area contributed by atoms with Crippen molar-refractivity contribution in [3.63, 3.8) is 0 Å². The van der Waals surface area contributed by atoms with Gasteiger partial charge in [-0.3, -0.25) is 0 Å². The van der Waals surface area contributed by atoms with Crippen LogP contribution in [0.1, 0.15) is 22.8 Å². The van der Waals surface area contributed by atoms with E-state index in [9.17, 15) is 9.50 Å². The van der Waals surface area contributed by atoms with Crippen LogP contribution in [0.2, 0.25) is 0 Å². The summed E-state index contributed by atoms with van der Waals surface area (Å²) in [7, 11) is 0. The Morgan fingerprint density at radius 3 is 2.62 bits per heavy atom. The van der Waals surface area contributed by atoms with Crippen molar-refractivity contribution in [3.05, 3.63) is 65.2 Å². The van der Waals surface area contributed by atoms with Crippen LogP contribution in [0.25, 0.3) is 0 Å². The highest BCUT2D eigenvalue weighted by Crippen LogP contribution is 2.22. The molecule has 1 atom stereocenters. The number of pyridine rings is 1. The van der Waals surface area contributed by atoms with Gasteiger partial charge in [-0.2, -0.15) is 4.39 Å². The van der Waals surface area contributed by atoms with Gasteiger partial charge in [0.25, 0.3) is 0 Å². The largest absolute Gasteiger partial charge is 0.384 e. The van der Waals surface area contributed by atoms with E-state index in [1.807, 2.05) is 31.2 Å². The molecule has 0 saturated carbocycles. The number of benzene rings is 1. The quantitative estimate of drug-likeness (QED) is 0.784. The number of rotatable bonds is 2. The molecule has 2 aromatic rings. The minimum atomic E-state index is -0.808. The predicted octanol–water partition coefficient (Wildman–Crippen LogP) is 2.61. The van der Waals surface area contributed by atoms with Gasteiger partial charge in [0.05, 0.1) is 0 Å². The monoisotopic (exact) mass is 217 g/mol. The molecule has 82 valence electrons. The van der Waals surface area contributed by atoms with Crippen molar-refractivity contribution >= 4 is 0 Å². The molecule has 16 heavy (non-hydrogen) atoms. The zero-order valence-corrected chi connectivity index (χ0v) is 8.89. The van der Waals surface area contributed by atoms with Crippen LogP contribution in [-0.4, -0.2) is 10.1 Å². The normalized spacial score (nSPS) is 12.4. The molecule has 1 aromatic heterocycles. The second-order valence-electron chi connectivity index (χ2n) is 3.73. The Labute approximate surface area is 93.4 Å². The topological polar surface area (TPSA) is 33.1 Å². The lowest BCUT2D eigenvalue weighted by Gasteiger charge is -2.11. The summed E-state index contributed by atoms with van der Waals surface area (Å²) in [4.78, 5) is 3.46. The zero-order chi connectivity index (χ0) is 11.5. The van der Waals surface area contributed by atoms with Crippen molar-refractivity contribution in [2.75, 3.05) is 0 Å². The van der Waals surface area contributed by atoms with E-state index < -0.39 is 12.1 Å². The first-order chi connectivity index (χ1) is 7.66. The van der Waals surface area contributed by atoms with Gasteiger partial charge in [-0.25, -0.2) is 4.98 Å². The molecule has 1 unspecified atom stereocenters. The first kappa shape index (κ1) is 10.8. The number of hydrogen-bond donors (Lipinski definition) is 1. The van der Waals surface area contributed by atoms with Crippen LogP contribution in [0.3, 0.4) is 0 Å². The highest BCUT2D eigenvalue weighted by molar-refractivity contribution is 5.31. The average molecular weight is 217 g/mol. The lowest BCUT2D eigenvalue weighted by atomic mass is 10.0. The van der Waals surface area contributed by atoms with Gasteiger partial charge in [0, 0.05) is 6.20 Å². The van der Waals surface area contributed by atoms with Gasteiger partial charge in [-0.1, -0.05) is 29.8 Å². The van der Waals surface area contributed by atoms with Gasteiger partial charge in [0.15, 0.2) is 0 Å². The van der Waals surface area contributed by atoms with E-state index in [2.05, 4.69) is 4.98 Å². The Bertz CT molecular complexity index is 453. The molecule has 0 spiro atoms. The van der Waals surface area contributed by atoms with E-state index >= 15 is 0 Å². The molecule has 3 heteroatoms. The summed E-state index contributed by atoms with van der Waals surface area (Å²) in [5.74, 6) is -0.579. The number of aliphatic hydroxyl groups excluding tert-OH is 1. The van der Waals surface area contributed by atoms with Crippen molar-refractivity contribution in [2.24, 2.45) is 0 Å². The number of halogens is 1. The summed E-state index contributed by atoms with van der Waals surface area (Å²) >= 11 is 0. The molecule has 0 aliphatic heterocycles. The molecule has 0 fully saturated rings. The van der Waals surface area contributed by atoms with Crippen LogP contribution in [-0.2, 0) is 0 Å². The Balaban J connectivity index is 2.35. The van der Waals surface area contributed by atoms with Crippen LogP contribution >= 0.6 is 0 Å². The van der Waals surface area contributed by atoms with Gasteiger partial charge in [0.2, 0.25) is 5.95 Å². The van der Waals surface area contributed by atoms with E-state index in [4.69, 9.17) is 0 Å². The fraction of sp³-hybridized carbons (Fsp3) is 0.154. The van der Waals surface area contributed by atoms with Crippen LogP contribution < -0.4 is 0 Å². The molecule has 1 aromatic carbocycles. The van der Waals surface area contributed by atoms with Crippen molar-refractivity contribution in [3.8, 4) is 0 Å². The lowest BCUT2D eigenvalue weighted by molar-refractivity contribution is 0.219. The van der Waals surface area contributed by atoms with E-state index in [-0.39, 0.29) is 0 Å². The fourth-order valence-electron chi connectivity index (χ4n) is 1.62. The van der Waals surface area contributed by atoms with Gasteiger partial charge >= 0.3 is 0 Å². The van der Waals surface area contributed by atoms with Gasteiger partial charge in [0.1, 0.15) is 6.10 Å². The third-order valence-electron chi connectivity index (χ3n) is 2.42. The maximum atomic E-state index is 12.9. The number of hydrogen-bond acceptors (Lipinski definition) is 2. The van der Waals surface area contributed by atoms with Crippen LogP contribution in [0.5, 0.6) is 0 Å². The molecule has 0 radical (unpaired) electrons. The van der Waals surface area contributed by atoms with E-state index in [0.717, 1.165) is 11.1 Å².